The molecule has 0 saturated carbocycles. The standard InChI is InChI=1S/C22H17F4N3O5/c1-11-6-8-15(33-14-9-7-12(10-16(14)32-2)34-22(24,25)26)18(19(11)23)21(31)29-17-5-3-4-13(28-17)20(27)30/h3-10H,1-2H3,(H2,27,30)(H,28,29,31)/i2D3. The number of primary amides is 1. The predicted molar refractivity (Wildman–Crippen MR) is 112 cm³/mol. The molecule has 0 unspecified atom stereocenters. The van der Waals surface area contributed by atoms with Crippen LogP contribution in [0, 0.1) is 12.7 Å². The number of aryl methyl sites for hydroxylation is 1. The van der Waals surface area contributed by atoms with Gasteiger partial charge in [-0.15, -0.1) is 13.2 Å². The lowest BCUT2D eigenvalue weighted by atomic mass is 10.1. The van der Waals surface area contributed by atoms with Crippen LogP contribution >= 0.6 is 0 Å². The molecule has 3 aromatic rings. The smallest absolute Gasteiger partial charge is 0.493 e. The van der Waals surface area contributed by atoms with Gasteiger partial charge in [-0.2, -0.15) is 0 Å². The number of nitrogens with two attached hydrogens (primary N) is 1. The Bertz CT molecular complexity index is 1350. The molecule has 1 aromatic heterocycles. The van der Waals surface area contributed by atoms with E-state index < -0.39 is 59.6 Å². The molecule has 2 amide bonds. The van der Waals surface area contributed by atoms with Crippen molar-refractivity contribution in [1.29, 1.82) is 0 Å². The molecule has 12 heteroatoms. The van der Waals surface area contributed by atoms with Crippen LogP contribution in [0.5, 0.6) is 23.0 Å². The fraction of sp³-hybridized carbons (Fsp3) is 0.136. The van der Waals surface area contributed by atoms with Crippen molar-refractivity contribution in [3.63, 3.8) is 0 Å². The van der Waals surface area contributed by atoms with E-state index in [4.69, 9.17) is 19.3 Å². The molecule has 0 bridgehead atoms. The second-order valence-electron chi connectivity index (χ2n) is 6.66. The van der Waals surface area contributed by atoms with Gasteiger partial charge >= 0.3 is 6.36 Å². The number of hydrogen-bond donors (Lipinski definition) is 2. The Morgan fingerprint density at radius 3 is 2.50 bits per heavy atom. The Balaban J connectivity index is 2.01. The van der Waals surface area contributed by atoms with Gasteiger partial charge in [0.1, 0.15) is 34.4 Å². The molecule has 34 heavy (non-hydrogen) atoms. The van der Waals surface area contributed by atoms with Gasteiger partial charge in [-0.25, -0.2) is 9.37 Å². The minimum absolute atomic E-state index is 0.0317. The Labute approximate surface area is 194 Å². The number of anilines is 1. The van der Waals surface area contributed by atoms with Crippen molar-refractivity contribution < 1.29 is 45.5 Å². The Hall–Kier alpha value is -4.35. The van der Waals surface area contributed by atoms with E-state index in [2.05, 4.69) is 15.0 Å². The highest BCUT2D eigenvalue weighted by Crippen LogP contribution is 2.38. The van der Waals surface area contributed by atoms with Crippen molar-refractivity contribution >= 4 is 17.6 Å². The number of carbonyl (C=O) groups excluding carboxylic acids is 2. The first-order chi connectivity index (χ1) is 17.1. The van der Waals surface area contributed by atoms with Gasteiger partial charge in [-0.05, 0) is 42.8 Å². The summed E-state index contributed by atoms with van der Waals surface area (Å²) in [7, 11) is -3.11. The lowest BCUT2D eigenvalue weighted by Gasteiger charge is -2.16. The number of alkyl halides is 3. The molecule has 0 aliphatic heterocycles. The van der Waals surface area contributed by atoms with Crippen LogP contribution < -0.4 is 25.3 Å². The molecule has 0 aliphatic rings. The number of carbonyl (C=O) groups is 2. The topological polar surface area (TPSA) is 113 Å². The minimum atomic E-state index is -5.08. The second kappa shape index (κ2) is 9.65. The van der Waals surface area contributed by atoms with Crippen LogP contribution in [0.4, 0.5) is 23.4 Å². The maximum atomic E-state index is 15.0. The number of ether oxygens (including phenoxy) is 3. The Morgan fingerprint density at radius 1 is 1.09 bits per heavy atom. The average molecular weight is 482 g/mol. The maximum Gasteiger partial charge on any atom is 0.573 e. The third kappa shape index (κ3) is 5.71. The molecule has 1 heterocycles. The normalized spacial score (nSPS) is 12.7. The molecular formula is C22H17F4N3O5. The summed E-state index contributed by atoms with van der Waals surface area (Å²) in [6.07, 6.45) is -5.08. The van der Waals surface area contributed by atoms with E-state index in [1.807, 2.05) is 0 Å². The fourth-order valence-corrected chi connectivity index (χ4v) is 2.75. The molecule has 178 valence electrons. The summed E-state index contributed by atoms with van der Waals surface area (Å²) in [6, 6.07) is 8.70. The number of aromatic nitrogens is 1. The highest BCUT2D eigenvalue weighted by molar-refractivity contribution is 6.06. The molecule has 0 spiro atoms. The highest BCUT2D eigenvalue weighted by Gasteiger charge is 2.31. The predicted octanol–water partition coefficient (Wildman–Crippen LogP) is 4.58. The number of benzene rings is 2. The molecule has 0 aliphatic carbocycles. The van der Waals surface area contributed by atoms with Gasteiger partial charge < -0.3 is 25.3 Å². The summed E-state index contributed by atoms with van der Waals surface area (Å²) in [4.78, 5) is 28.1. The largest absolute Gasteiger partial charge is 0.573 e. The van der Waals surface area contributed by atoms with Crippen molar-refractivity contribution in [2.24, 2.45) is 5.73 Å². The van der Waals surface area contributed by atoms with Crippen molar-refractivity contribution in [2.75, 3.05) is 12.4 Å². The first-order valence-electron chi connectivity index (χ1n) is 10.8. The minimum Gasteiger partial charge on any atom is -0.493 e. The van der Waals surface area contributed by atoms with Crippen LogP contribution in [0.2, 0.25) is 0 Å². The number of nitrogens with zero attached hydrogens (tertiary/aromatic N) is 1. The maximum absolute atomic E-state index is 15.0. The molecular weight excluding hydrogens is 462 g/mol. The van der Waals surface area contributed by atoms with Crippen LogP contribution in [0.15, 0.2) is 48.5 Å². The van der Waals surface area contributed by atoms with E-state index in [0.717, 1.165) is 12.1 Å². The monoisotopic (exact) mass is 482 g/mol. The van der Waals surface area contributed by atoms with Crippen LogP contribution in [0.1, 0.15) is 30.5 Å². The van der Waals surface area contributed by atoms with Crippen molar-refractivity contribution in [3.05, 3.63) is 71.2 Å². The molecule has 0 saturated heterocycles. The first kappa shape index (κ1) is 20.3. The summed E-state index contributed by atoms with van der Waals surface area (Å²) in [6.45, 7) is 1.36. The van der Waals surface area contributed by atoms with Crippen LogP contribution in [-0.2, 0) is 0 Å². The SMILES string of the molecule is [2H]C([2H])([2H])Oc1cc(OC(F)(F)F)ccc1Oc1ccc(C)c(F)c1C(=O)Nc1cccc(C(N)=O)n1. The second-order valence-corrected chi connectivity index (χ2v) is 6.66. The van der Waals surface area contributed by atoms with E-state index in [1.165, 1.54) is 37.3 Å². The van der Waals surface area contributed by atoms with E-state index in [0.29, 0.717) is 6.07 Å². The van der Waals surface area contributed by atoms with Crippen LogP contribution in [0.25, 0.3) is 0 Å². The Kier molecular flexibility index (Phi) is 5.75. The molecule has 8 nitrogen and oxygen atoms in total. The van der Waals surface area contributed by atoms with Crippen molar-refractivity contribution in [3.8, 4) is 23.0 Å². The number of amides is 2. The van der Waals surface area contributed by atoms with Crippen molar-refractivity contribution in [1.82, 2.24) is 4.98 Å². The number of rotatable bonds is 7. The summed E-state index contributed by atoms with van der Waals surface area (Å²) < 4.78 is 88.7. The van der Waals surface area contributed by atoms with Gasteiger partial charge in [0.2, 0.25) is 0 Å². The summed E-state index contributed by atoms with van der Waals surface area (Å²) in [5.41, 5.74) is 4.37. The van der Waals surface area contributed by atoms with Gasteiger partial charge in [0.15, 0.2) is 11.5 Å². The number of hydrogen-bond acceptors (Lipinski definition) is 6. The zero-order valence-corrected chi connectivity index (χ0v) is 17.2. The summed E-state index contributed by atoms with van der Waals surface area (Å²) in [5, 5.41) is 2.29. The third-order valence-corrected chi connectivity index (χ3v) is 4.25. The zero-order valence-electron chi connectivity index (χ0n) is 20.2. The molecule has 0 atom stereocenters. The van der Waals surface area contributed by atoms with Gasteiger partial charge in [0.05, 0.1) is 11.2 Å². The quantitative estimate of drug-likeness (QED) is 0.477. The van der Waals surface area contributed by atoms with Gasteiger partial charge in [-0.3, -0.25) is 9.59 Å². The average Bonchev–Trinajstić information content (AvgIpc) is 2.76. The van der Waals surface area contributed by atoms with E-state index in [9.17, 15) is 22.8 Å². The Morgan fingerprint density at radius 2 is 1.82 bits per heavy atom. The fourth-order valence-electron chi connectivity index (χ4n) is 2.75. The lowest BCUT2D eigenvalue weighted by Crippen LogP contribution is -2.19. The summed E-state index contributed by atoms with van der Waals surface area (Å²) in [5.74, 6) is -5.52. The first-order valence-corrected chi connectivity index (χ1v) is 9.27. The van der Waals surface area contributed by atoms with Gasteiger partial charge in [-0.1, -0.05) is 12.1 Å². The highest BCUT2D eigenvalue weighted by atomic mass is 19.4. The third-order valence-electron chi connectivity index (χ3n) is 4.25. The molecule has 0 radical (unpaired) electrons. The number of methoxy groups -OCH3 is 1. The van der Waals surface area contributed by atoms with Crippen LogP contribution in [-0.4, -0.2) is 30.2 Å². The molecule has 0 fully saturated rings. The number of halogens is 4. The summed E-state index contributed by atoms with van der Waals surface area (Å²) >= 11 is 0. The molecule has 3 N–H and O–H groups in total. The van der Waals surface area contributed by atoms with E-state index in [1.54, 1.807) is 0 Å². The van der Waals surface area contributed by atoms with Crippen LogP contribution in [0.3, 0.4) is 0 Å². The van der Waals surface area contributed by atoms with Gasteiger partial charge in [0.25, 0.3) is 11.8 Å². The molecule has 2 aromatic carbocycles. The zero-order chi connectivity index (χ0) is 27.5. The number of nitrogens with one attached hydrogen (secondary N) is 1. The van der Waals surface area contributed by atoms with Crippen molar-refractivity contribution in [2.45, 2.75) is 13.3 Å². The van der Waals surface area contributed by atoms with E-state index >= 15 is 4.39 Å². The molecule has 3 rings (SSSR count). The van der Waals surface area contributed by atoms with Gasteiger partial charge in [0, 0.05) is 6.07 Å². The lowest BCUT2D eigenvalue weighted by molar-refractivity contribution is -0.274. The van der Waals surface area contributed by atoms with E-state index in [-0.39, 0.29) is 17.1 Å². The number of pyridine rings is 1.